The molecule has 0 heterocycles. The van der Waals surface area contributed by atoms with E-state index in [1.807, 2.05) is 6.92 Å². The molecule has 23 heavy (non-hydrogen) atoms. The number of nitrogens with zero attached hydrogens (tertiary/aromatic N) is 1. The Kier molecular flexibility index (Phi) is 7.00. The van der Waals surface area contributed by atoms with Crippen LogP contribution in [0.2, 0.25) is 0 Å². The number of aliphatic imine (C=N–C) groups is 1. The molecule has 1 aromatic rings. The fourth-order valence-corrected chi connectivity index (χ4v) is 2.73. The number of guanidine groups is 1. The summed E-state index contributed by atoms with van der Waals surface area (Å²) in [5.74, 6) is 0.183. The van der Waals surface area contributed by atoms with E-state index in [4.69, 9.17) is 0 Å². The Labute approximate surface area is 138 Å². The average molecular weight is 343 g/mol. The second kappa shape index (κ2) is 8.29. The summed E-state index contributed by atoms with van der Waals surface area (Å²) in [6.07, 6.45) is 0. The highest BCUT2D eigenvalue weighted by Gasteiger charge is 2.28. The molecule has 0 atom stereocenters. The Bertz CT molecular complexity index is 637. The summed E-state index contributed by atoms with van der Waals surface area (Å²) in [7, 11) is -3.19. The smallest absolute Gasteiger partial charge is 0.191 e. The third kappa shape index (κ3) is 6.17. The quantitative estimate of drug-likeness (QED) is 0.613. The summed E-state index contributed by atoms with van der Waals surface area (Å²) in [5, 5.41) is 5.99. The Balaban J connectivity index is 2.66. The van der Waals surface area contributed by atoms with Crippen molar-refractivity contribution in [2.75, 3.05) is 18.8 Å². The molecule has 0 spiro atoms. The molecule has 7 heteroatoms. The summed E-state index contributed by atoms with van der Waals surface area (Å²) < 4.78 is 36.9. The van der Waals surface area contributed by atoms with E-state index < -0.39 is 14.6 Å². The van der Waals surface area contributed by atoms with Gasteiger partial charge in [-0.2, -0.15) is 0 Å². The molecule has 0 aliphatic heterocycles. The monoisotopic (exact) mass is 343 g/mol. The van der Waals surface area contributed by atoms with E-state index >= 15 is 0 Å². The van der Waals surface area contributed by atoms with Crippen molar-refractivity contribution < 1.29 is 12.8 Å². The van der Waals surface area contributed by atoms with Gasteiger partial charge < -0.3 is 10.6 Å². The van der Waals surface area contributed by atoms with Crippen LogP contribution in [0.3, 0.4) is 0 Å². The van der Waals surface area contributed by atoms with Crippen LogP contribution in [0.4, 0.5) is 4.39 Å². The zero-order valence-corrected chi connectivity index (χ0v) is 15.0. The van der Waals surface area contributed by atoms with Crippen LogP contribution in [0.25, 0.3) is 0 Å². The maximum atomic E-state index is 13.6. The van der Waals surface area contributed by atoms with Crippen LogP contribution < -0.4 is 10.6 Å². The normalized spacial score (nSPS) is 13.0. The molecule has 0 radical (unpaired) electrons. The summed E-state index contributed by atoms with van der Waals surface area (Å²) in [5.41, 5.74) is 0.493. The van der Waals surface area contributed by atoms with Gasteiger partial charge in [-0.3, -0.25) is 0 Å². The van der Waals surface area contributed by atoms with Crippen LogP contribution in [0.5, 0.6) is 0 Å². The SMILES string of the molecule is CCNC(=NCc1ccccc1F)NCCS(=O)(=O)C(C)(C)C. The van der Waals surface area contributed by atoms with Crippen molar-refractivity contribution >= 4 is 15.8 Å². The number of hydrogen-bond donors (Lipinski definition) is 2. The van der Waals surface area contributed by atoms with Gasteiger partial charge in [-0.25, -0.2) is 17.8 Å². The highest BCUT2D eigenvalue weighted by molar-refractivity contribution is 7.92. The lowest BCUT2D eigenvalue weighted by Gasteiger charge is -2.19. The zero-order valence-electron chi connectivity index (χ0n) is 14.2. The van der Waals surface area contributed by atoms with Gasteiger partial charge in [-0.05, 0) is 33.8 Å². The van der Waals surface area contributed by atoms with Gasteiger partial charge in [0.05, 0.1) is 17.0 Å². The van der Waals surface area contributed by atoms with Crippen LogP contribution in [0.15, 0.2) is 29.3 Å². The molecule has 0 aliphatic rings. The number of nitrogens with one attached hydrogen (secondary N) is 2. The lowest BCUT2D eigenvalue weighted by Crippen LogP contribution is -2.41. The second-order valence-corrected chi connectivity index (χ2v) is 9.01. The van der Waals surface area contributed by atoms with E-state index in [-0.39, 0.29) is 24.7 Å². The molecular weight excluding hydrogens is 317 g/mol. The topological polar surface area (TPSA) is 70.6 Å². The molecule has 0 unspecified atom stereocenters. The van der Waals surface area contributed by atoms with Gasteiger partial charge in [0.1, 0.15) is 5.82 Å². The third-order valence-electron chi connectivity index (χ3n) is 3.31. The Morgan fingerprint density at radius 3 is 2.43 bits per heavy atom. The van der Waals surface area contributed by atoms with Crippen LogP contribution in [0, 0.1) is 5.82 Å². The molecule has 1 aromatic carbocycles. The van der Waals surface area contributed by atoms with E-state index in [0.29, 0.717) is 18.1 Å². The zero-order chi connectivity index (χ0) is 17.5. The Hall–Kier alpha value is -1.63. The Morgan fingerprint density at radius 2 is 1.87 bits per heavy atom. The average Bonchev–Trinajstić information content (AvgIpc) is 2.45. The van der Waals surface area contributed by atoms with Gasteiger partial charge in [0.2, 0.25) is 0 Å². The van der Waals surface area contributed by atoms with Crippen LogP contribution >= 0.6 is 0 Å². The first-order valence-electron chi connectivity index (χ1n) is 7.65. The largest absolute Gasteiger partial charge is 0.357 e. The van der Waals surface area contributed by atoms with Gasteiger partial charge in [0.15, 0.2) is 15.8 Å². The lowest BCUT2D eigenvalue weighted by atomic mass is 10.2. The molecule has 0 bridgehead atoms. The van der Waals surface area contributed by atoms with Gasteiger partial charge >= 0.3 is 0 Å². The number of hydrogen-bond acceptors (Lipinski definition) is 3. The minimum absolute atomic E-state index is 0.0145. The van der Waals surface area contributed by atoms with Crippen molar-refractivity contribution in [1.82, 2.24) is 10.6 Å². The molecule has 0 saturated heterocycles. The Morgan fingerprint density at radius 1 is 1.22 bits per heavy atom. The molecule has 2 N–H and O–H groups in total. The molecular formula is C16H26FN3O2S. The molecule has 0 saturated carbocycles. The van der Waals surface area contributed by atoms with Crippen molar-refractivity contribution in [3.63, 3.8) is 0 Å². The summed E-state index contributed by atoms with van der Waals surface area (Å²) in [4.78, 5) is 4.29. The molecule has 0 aliphatic carbocycles. The number of rotatable bonds is 6. The summed E-state index contributed by atoms with van der Waals surface area (Å²) in [6.45, 7) is 8.03. The van der Waals surface area contributed by atoms with E-state index in [1.54, 1.807) is 39.0 Å². The van der Waals surface area contributed by atoms with E-state index in [0.717, 1.165) is 0 Å². The van der Waals surface area contributed by atoms with Crippen LogP contribution in [-0.2, 0) is 16.4 Å². The standard InChI is InChI=1S/C16H26FN3O2S/c1-5-18-15(19-10-11-23(21,22)16(2,3)4)20-12-13-8-6-7-9-14(13)17/h6-9H,5,10-12H2,1-4H3,(H2,18,19,20). The number of sulfone groups is 1. The fourth-order valence-electron chi connectivity index (χ4n) is 1.74. The van der Waals surface area contributed by atoms with Crippen molar-refractivity contribution in [2.24, 2.45) is 4.99 Å². The molecule has 0 amide bonds. The maximum absolute atomic E-state index is 13.6. The maximum Gasteiger partial charge on any atom is 0.191 e. The second-order valence-electron chi connectivity index (χ2n) is 6.14. The van der Waals surface area contributed by atoms with E-state index in [2.05, 4.69) is 15.6 Å². The predicted octanol–water partition coefficient (Wildman–Crippen LogP) is 2.09. The number of benzene rings is 1. The summed E-state index contributed by atoms with van der Waals surface area (Å²) in [6, 6.07) is 6.45. The van der Waals surface area contributed by atoms with Gasteiger partial charge in [-0.1, -0.05) is 18.2 Å². The number of halogens is 1. The van der Waals surface area contributed by atoms with E-state index in [1.165, 1.54) is 6.07 Å². The molecule has 1 rings (SSSR count). The highest BCUT2D eigenvalue weighted by atomic mass is 32.2. The van der Waals surface area contributed by atoms with Gasteiger partial charge in [-0.15, -0.1) is 0 Å². The fraction of sp³-hybridized carbons (Fsp3) is 0.562. The molecule has 0 fully saturated rings. The van der Waals surface area contributed by atoms with Crippen LogP contribution in [-0.4, -0.2) is 38.0 Å². The van der Waals surface area contributed by atoms with Crippen molar-refractivity contribution in [1.29, 1.82) is 0 Å². The highest BCUT2D eigenvalue weighted by Crippen LogP contribution is 2.15. The van der Waals surface area contributed by atoms with Gasteiger partial charge in [0, 0.05) is 18.7 Å². The van der Waals surface area contributed by atoms with Crippen molar-refractivity contribution in [3.05, 3.63) is 35.6 Å². The van der Waals surface area contributed by atoms with Crippen molar-refractivity contribution in [3.8, 4) is 0 Å². The first-order valence-corrected chi connectivity index (χ1v) is 9.30. The summed E-state index contributed by atoms with van der Waals surface area (Å²) >= 11 is 0. The third-order valence-corrected chi connectivity index (χ3v) is 5.91. The van der Waals surface area contributed by atoms with E-state index in [9.17, 15) is 12.8 Å². The molecule has 0 aromatic heterocycles. The minimum atomic E-state index is -3.19. The minimum Gasteiger partial charge on any atom is -0.357 e. The first kappa shape index (κ1) is 19.4. The predicted molar refractivity (Wildman–Crippen MR) is 92.8 cm³/mol. The lowest BCUT2D eigenvalue weighted by molar-refractivity contribution is 0.559. The van der Waals surface area contributed by atoms with Crippen molar-refractivity contribution in [2.45, 2.75) is 39.0 Å². The molecule has 130 valence electrons. The first-order chi connectivity index (χ1) is 10.7. The molecule has 5 nitrogen and oxygen atoms in total. The van der Waals surface area contributed by atoms with Crippen LogP contribution in [0.1, 0.15) is 33.3 Å². The van der Waals surface area contributed by atoms with Gasteiger partial charge in [0.25, 0.3) is 0 Å².